The van der Waals surface area contributed by atoms with Crippen molar-refractivity contribution in [1.29, 1.82) is 0 Å². The molecule has 8 nitrogen and oxygen atoms in total. The number of carbonyl (C=O) groups is 1. The Hall–Kier alpha value is -1.10. The third-order valence-electron chi connectivity index (χ3n) is 1.25. The zero-order valence-electron chi connectivity index (χ0n) is 11.1. The lowest BCUT2D eigenvalue weighted by Crippen LogP contribution is -2.09. The molecule has 0 saturated heterocycles. The third-order valence-corrected chi connectivity index (χ3v) is 1.78. The molecule has 0 aliphatic heterocycles. The molecule has 0 radical (unpaired) electrons. The van der Waals surface area contributed by atoms with E-state index < -0.39 is 23.0 Å². The lowest BCUT2D eigenvalue weighted by molar-refractivity contribution is -0.139. The molecule has 0 aliphatic carbocycles. The minimum absolute atomic E-state index is 0.300. The maximum Gasteiger partial charge on any atom is 0.394 e. The topological polar surface area (TPSA) is 133 Å². The fraction of sp³-hybridized carbons (Fsp3) is 0.300. The van der Waals surface area contributed by atoms with Crippen molar-refractivity contribution in [3.05, 3.63) is 28.2 Å². The molecule has 21 heavy (non-hydrogen) atoms. The highest BCUT2D eigenvalue weighted by atomic mass is 35.5. The summed E-state index contributed by atoms with van der Waals surface area (Å²) in [5, 5.41) is 11.9. The van der Waals surface area contributed by atoms with Crippen molar-refractivity contribution in [1.82, 2.24) is 5.32 Å². The first kappa shape index (κ1) is 22.2. The zero-order chi connectivity index (χ0) is 17.1. The van der Waals surface area contributed by atoms with Crippen LogP contribution in [-0.2, 0) is 15.2 Å². The SMILES string of the molecule is CNC.O=C(O)COc1ccc(Cl)cc1Cl.O=S(=O)(O)O. The molecule has 0 aliphatic rings. The lowest BCUT2D eigenvalue weighted by Gasteiger charge is -2.04. The Morgan fingerprint density at radius 3 is 2.05 bits per heavy atom. The number of nitrogens with one attached hydrogen (secondary N) is 1. The number of hydrogen-bond donors (Lipinski definition) is 4. The molecule has 0 heterocycles. The van der Waals surface area contributed by atoms with Crippen LogP contribution in [0.15, 0.2) is 18.2 Å². The van der Waals surface area contributed by atoms with E-state index in [1.807, 2.05) is 14.1 Å². The molecular weight excluding hydrogens is 349 g/mol. The Balaban J connectivity index is 0. The van der Waals surface area contributed by atoms with Gasteiger partial charge in [-0.3, -0.25) is 9.11 Å². The molecule has 0 unspecified atom stereocenters. The van der Waals surface area contributed by atoms with Crippen LogP contribution < -0.4 is 10.1 Å². The summed E-state index contributed by atoms with van der Waals surface area (Å²) in [5.74, 6) is -0.737. The molecule has 1 aromatic rings. The Morgan fingerprint density at radius 1 is 1.29 bits per heavy atom. The molecule has 0 aromatic heterocycles. The second-order valence-corrected chi connectivity index (χ2v) is 4.94. The van der Waals surface area contributed by atoms with Crippen molar-refractivity contribution in [2.45, 2.75) is 0 Å². The second-order valence-electron chi connectivity index (χ2n) is 3.20. The number of carboxylic acids is 1. The van der Waals surface area contributed by atoms with E-state index >= 15 is 0 Å². The van der Waals surface area contributed by atoms with Gasteiger partial charge in [-0.1, -0.05) is 23.2 Å². The zero-order valence-corrected chi connectivity index (χ0v) is 13.4. The summed E-state index contributed by atoms with van der Waals surface area (Å²) < 4.78 is 36.4. The molecule has 0 saturated carbocycles. The molecule has 0 amide bonds. The highest BCUT2D eigenvalue weighted by Crippen LogP contribution is 2.27. The number of carboxylic acid groups (broad SMARTS) is 1. The summed E-state index contributed by atoms with van der Waals surface area (Å²) in [4.78, 5) is 10.2. The van der Waals surface area contributed by atoms with Gasteiger partial charge in [-0.25, -0.2) is 4.79 Å². The van der Waals surface area contributed by atoms with Crippen molar-refractivity contribution in [3.8, 4) is 5.75 Å². The molecule has 0 spiro atoms. The van der Waals surface area contributed by atoms with E-state index in [1.165, 1.54) is 12.1 Å². The van der Waals surface area contributed by atoms with Gasteiger partial charge in [0.2, 0.25) is 0 Å². The monoisotopic (exact) mass is 363 g/mol. The molecule has 0 atom stereocenters. The van der Waals surface area contributed by atoms with Crippen LogP contribution in [0.2, 0.25) is 10.0 Å². The van der Waals surface area contributed by atoms with Gasteiger partial charge in [0, 0.05) is 5.02 Å². The summed E-state index contributed by atoms with van der Waals surface area (Å²) >= 11 is 11.3. The van der Waals surface area contributed by atoms with Crippen LogP contribution >= 0.6 is 23.2 Å². The molecule has 1 aromatic carbocycles. The first-order chi connectivity index (χ1) is 9.51. The number of ether oxygens (including phenoxy) is 1. The van der Waals surface area contributed by atoms with E-state index in [-0.39, 0.29) is 0 Å². The lowest BCUT2D eigenvalue weighted by atomic mass is 10.3. The van der Waals surface area contributed by atoms with Crippen molar-refractivity contribution in [2.24, 2.45) is 0 Å². The first-order valence-corrected chi connectivity index (χ1v) is 7.24. The minimum atomic E-state index is -4.67. The van der Waals surface area contributed by atoms with Crippen LogP contribution in [0, 0.1) is 0 Å². The molecule has 0 fully saturated rings. The largest absolute Gasteiger partial charge is 0.480 e. The van der Waals surface area contributed by atoms with E-state index in [0.717, 1.165) is 0 Å². The van der Waals surface area contributed by atoms with E-state index in [0.29, 0.717) is 15.8 Å². The second kappa shape index (κ2) is 11.5. The summed E-state index contributed by atoms with van der Waals surface area (Å²) in [5.41, 5.74) is 0. The van der Waals surface area contributed by atoms with E-state index in [4.69, 9.17) is 50.6 Å². The molecule has 122 valence electrons. The predicted molar refractivity (Wildman–Crippen MR) is 78.8 cm³/mol. The third kappa shape index (κ3) is 18.9. The van der Waals surface area contributed by atoms with Gasteiger partial charge in [0.25, 0.3) is 0 Å². The van der Waals surface area contributed by atoms with Crippen LogP contribution in [-0.4, -0.2) is 49.3 Å². The number of halogens is 2. The molecule has 0 bridgehead atoms. The maximum atomic E-state index is 10.2. The summed E-state index contributed by atoms with van der Waals surface area (Å²) in [6.07, 6.45) is 0. The van der Waals surface area contributed by atoms with Gasteiger partial charge >= 0.3 is 16.4 Å². The van der Waals surface area contributed by atoms with Gasteiger partial charge in [0.05, 0.1) is 5.02 Å². The first-order valence-electron chi connectivity index (χ1n) is 5.09. The Morgan fingerprint density at radius 2 is 1.71 bits per heavy atom. The average molecular weight is 364 g/mol. The standard InChI is InChI=1S/C8H6Cl2O3.C2H7N.H2O4S/c9-5-1-2-7(6(10)3-5)13-4-8(11)12;1-3-2;1-5(2,3)4/h1-3H,4H2,(H,11,12);3H,1-2H3;(H2,1,2,3,4). The molecule has 11 heteroatoms. The fourth-order valence-corrected chi connectivity index (χ4v) is 1.19. The Labute approximate surface area is 132 Å². The highest BCUT2D eigenvalue weighted by molar-refractivity contribution is 7.79. The normalized spacial score (nSPS) is 9.62. The molecular formula is C10H15Cl2NO7S. The van der Waals surface area contributed by atoms with E-state index in [1.54, 1.807) is 6.07 Å². The minimum Gasteiger partial charge on any atom is -0.480 e. The van der Waals surface area contributed by atoms with Crippen molar-refractivity contribution in [2.75, 3.05) is 20.7 Å². The Bertz CT molecular complexity index is 528. The number of benzene rings is 1. The average Bonchev–Trinajstić information content (AvgIpc) is 2.26. The van der Waals surface area contributed by atoms with Crippen LogP contribution in [0.5, 0.6) is 5.75 Å². The summed E-state index contributed by atoms with van der Waals surface area (Å²) in [6.45, 7) is -0.415. The molecule has 4 N–H and O–H groups in total. The fourth-order valence-electron chi connectivity index (χ4n) is 0.732. The summed E-state index contributed by atoms with van der Waals surface area (Å²) in [7, 11) is -0.917. The van der Waals surface area contributed by atoms with Crippen LogP contribution in [0.3, 0.4) is 0 Å². The van der Waals surface area contributed by atoms with Crippen molar-refractivity contribution < 1.29 is 32.2 Å². The van der Waals surface area contributed by atoms with E-state index in [2.05, 4.69) is 5.32 Å². The van der Waals surface area contributed by atoms with Crippen molar-refractivity contribution >= 4 is 39.6 Å². The number of aliphatic carboxylic acids is 1. The highest BCUT2D eigenvalue weighted by Gasteiger charge is 2.04. The van der Waals surface area contributed by atoms with Crippen molar-refractivity contribution in [3.63, 3.8) is 0 Å². The van der Waals surface area contributed by atoms with Gasteiger partial charge in [-0.05, 0) is 32.3 Å². The number of hydrogen-bond acceptors (Lipinski definition) is 5. The van der Waals surface area contributed by atoms with Crippen LogP contribution in [0.1, 0.15) is 0 Å². The van der Waals surface area contributed by atoms with E-state index in [9.17, 15) is 4.79 Å². The van der Waals surface area contributed by atoms with Crippen LogP contribution in [0.4, 0.5) is 0 Å². The van der Waals surface area contributed by atoms with Crippen LogP contribution in [0.25, 0.3) is 0 Å². The molecule has 1 rings (SSSR count). The van der Waals surface area contributed by atoms with Gasteiger partial charge < -0.3 is 15.2 Å². The summed E-state index contributed by atoms with van der Waals surface area (Å²) in [6, 6.07) is 4.58. The van der Waals surface area contributed by atoms with Gasteiger partial charge in [0.1, 0.15) is 5.75 Å². The van der Waals surface area contributed by atoms with Gasteiger partial charge in [-0.2, -0.15) is 8.42 Å². The maximum absolute atomic E-state index is 10.2. The smallest absolute Gasteiger partial charge is 0.394 e. The van der Waals surface area contributed by atoms with Gasteiger partial charge in [0.15, 0.2) is 6.61 Å². The number of rotatable bonds is 3. The Kier molecular flexibility index (Phi) is 12.2. The quantitative estimate of drug-likeness (QED) is 0.595. The predicted octanol–water partition coefficient (Wildman–Crippen LogP) is 1.64. The van der Waals surface area contributed by atoms with Gasteiger partial charge in [-0.15, -0.1) is 0 Å².